The molecule has 4 nitrogen and oxygen atoms in total. The van der Waals surface area contributed by atoms with E-state index in [9.17, 15) is 0 Å². The number of nitriles is 2. The minimum absolute atomic E-state index is 0.115. The fourth-order valence-corrected chi connectivity index (χ4v) is 1.63. The molecule has 2 N–H and O–H groups in total. The summed E-state index contributed by atoms with van der Waals surface area (Å²) < 4.78 is 0. The summed E-state index contributed by atoms with van der Waals surface area (Å²) in [6.07, 6.45) is 0. The topological polar surface area (TPSA) is 79.2 Å². The van der Waals surface area contributed by atoms with E-state index < -0.39 is 0 Å². The van der Waals surface area contributed by atoms with Crippen molar-refractivity contribution in [1.29, 1.82) is 10.5 Å². The minimum atomic E-state index is 0.115. The van der Waals surface area contributed by atoms with Crippen LogP contribution in [-0.4, -0.2) is 21.6 Å². The molecule has 0 amide bonds. The van der Waals surface area contributed by atoms with Crippen LogP contribution < -0.4 is 11.2 Å². The molecule has 0 saturated heterocycles. The van der Waals surface area contributed by atoms with Crippen molar-refractivity contribution in [1.82, 2.24) is 9.97 Å². The Bertz CT molecular complexity index is 537. The van der Waals surface area contributed by atoms with Gasteiger partial charge in [0.05, 0.1) is 0 Å². The molecule has 0 unspecified atom stereocenters. The molecule has 104 valence electrons. The van der Waals surface area contributed by atoms with Crippen molar-refractivity contribution in [2.75, 3.05) is 4.93 Å². The lowest BCUT2D eigenvalue weighted by atomic mass is 9.47. The molecular weight excluding hydrogens is 362 g/mol. The molecule has 0 saturated carbocycles. The summed E-state index contributed by atoms with van der Waals surface area (Å²) in [7, 11) is 0. The molecule has 20 heavy (non-hydrogen) atoms. The predicted molar refractivity (Wildman–Crippen MR) is 93.2 cm³/mol. The summed E-state index contributed by atoms with van der Waals surface area (Å²) in [5, 5.41) is 17.4. The molecule has 0 bridgehead atoms. The third kappa shape index (κ3) is 4.78. The van der Waals surface area contributed by atoms with Gasteiger partial charge >= 0.3 is 0 Å². The number of aromatic nitrogens is 2. The van der Waals surface area contributed by atoms with Gasteiger partial charge in [0.15, 0.2) is 0 Å². The molecule has 0 atom stereocenters. The highest BCUT2D eigenvalue weighted by Crippen LogP contribution is 1.95. The summed E-state index contributed by atoms with van der Waals surface area (Å²) in [6, 6.07) is 11.4. The highest BCUT2D eigenvalue weighted by atomic mass is 127. The van der Waals surface area contributed by atoms with Gasteiger partial charge in [-0.3, -0.25) is 0 Å². The maximum atomic E-state index is 8.71. The Labute approximate surface area is 134 Å². The van der Waals surface area contributed by atoms with E-state index in [0.29, 0.717) is 11.4 Å². The number of H-pyrrole nitrogens is 2. The fraction of sp³-hybridized carbons (Fsp3) is 0.286. The van der Waals surface area contributed by atoms with Crippen molar-refractivity contribution in [2.45, 2.75) is 20.7 Å². The van der Waals surface area contributed by atoms with Crippen LogP contribution >= 0.6 is 22.6 Å². The standard InChI is InChI=1S/C11H9BN4.C2H6.CH3I/c1-12(10-4-2-8(6-13)15-10)11-5-3-9(7-14)16-11;2*1-2/h2-5,15-16H,1H3;1-2H3;1H3. The van der Waals surface area contributed by atoms with Crippen molar-refractivity contribution in [2.24, 2.45) is 0 Å². The molecule has 0 fully saturated rings. The Balaban J connectivity index is 0.000000829. The largest absolute Gasteiger partial charge is 0.358 e. The maximum absolute atomic E-state index is 8.71. The average Bonchev–Trinajstić information content (AvgIpc) is 3.19. The number of rotatable bonds is 2. The van der Waals surface area contributed by atoms with E-state index in [4.69, 9.17) is 10.5 Å². The maximum Gasteiger partial charge on any atom is 0.247 e. The van der Waals surface area contributed by atoms with Gasteiger partial charge in [0.25, 0.3) is 0 Å². The van der Waals surface area contributed by atoms with Crippen molar-refractivity contribution in [3.8, 4) is 12.1 Å². The Morgan fingerprint density at radius 3 is 1.50 bits per heavy atom. The molecule has 0 aliphatic carbocycles. The normalized spacial score (nSPS) is 8.15. The highest BCUT2D eigenvalue weighted by Gasteiger charge is 2.16. The van der Waals surface area contributed by atoms with E-state index in [0.717, 1.165) is 11.2 Å². The number of nitrogens with zero attached hydrogens (tertiary/aromatic N) is 2. The van der Waals surface area contributed by atoms with Gasteiger partial charge in [0.1, 0.15) is 23.5 Å². The van der Waals surface area contributed by atoms with Crippen LogP contribution in [0.3, 0.4) is 0 Å². The lowest BCUT2D eigenvalue weighted by Crippen LogP contribution is -2.40. The molecule has 2 aromatic rings. The third-order valence-electron chi connectivity index (χ3n) is 2.59. The number of halogens is 1. The van der Waals surface area contributed by atoms with Gasteiger partial charge in [0, 0.05) is 0 Å². The summed E-state index contributed by atoms with van der Waals surface area (Å²) >= 11 is 2.15. The van der Waals surface area contributed by atoms with Gasteiger partial charge in [-0.05, 0) is 40.4 Å². The van der Waals surface area contributed by atoms with E-state index in [1.807, 2.05) is 37.7 Å². The summed E-state index contributed by atoms with van der Waals surface area (Å²) in [5.74, 6) is 0. The Hall–Kier alpha value is -1.67. The van der Waals surface area contributed by atoms with Crippen LogP contribution in [0.5, 0.6) is 0 Å². The zero-order chi connectivity index (χ0) is 15.5. The third-order valence-corrected chi connectivity index (χ3v) is 2.59. The quantitative estimate of drug-likeness (QED) is 0.477. The van der Waals surface area contributed by atoms with E-state index in [2.05, 4.69) is 44.7 Å². The first-order valence-corrected chi connectivity index (χ1v) is 8.46. The van der Waals surface area contributed by atoms with E-state index in [1.165, 1.54) is 0 Å². The average molecular weight is 380 g/mol. The first-order valence-electron chi connectivity index (χ1n) is 6.30. The number of alkyl halides is 1. The van der Waals surface area contributed by atoms with Gasteiger partial charge in [-0.2, -0.15) is 10.5 Å². The Morgan fingerprint density at radius 1 is 0.900 bits per heavy atom. The number of aromatic amines is 2. The smallest absolute Gasteiger partial charge is 0.247 e. The number of hydrogen-bond acceptors (Lipinski definition) is 2. The van der Waals surface area contributed by atoms with Crippen molar-refractivity contribution in [3.05, 3.63) is 35.7 Å². The summed E-state index contributed by atoms with van der Waals surface area (Å²) in [5.41, 5.74) is 3.02. The summed E-state index contributed by atoms with van der Waals surface area (Å²) in [4.78, 5) is 8.02. The van der Waals surface area contributed by atoms with Gasteiger partial charge in [-0.15, -0.1) is 0 Å². The van der Waals surface area contributed by atoms with Gasteiger partial charge in [0.2, 0.25) is 6.71 Å². The van der Waals surface area contributed by atoms with Crippen LogP contribution in [0.4, 0.5) is 0 Å². The zero-order valence-electron chi connectivity index (χ0n) is 12.2. The van der Waals surface area contributed by atoms with Crippen LogP contribution in [-0.2, 0) is 0 Å². The highest BCUT2D eigenvalue weighted by molar-refractivity contribution is 14.1. The molecule has 0 aromatic carbocycles. The molecule has 2 heterocycles. The van der Waals surface area contributed by atoms with Crippen LogP contribution in [0.2, 0.25) is 6.82 Å². The fourth-order valence-electron chi connectivity index (χ4n) is 1.63. The molecule has 6 heteroatoms. The summed E-state index contributed by atoms with van der Waals surface area (Å²) in [6.45, 7) is 6.13. The molecule has 2 aromatic heterocycles. The van der Waals surface area contributed by atoms with Crippen LogP contribution in [0, 0.1) is 22.7 Å². The van der Waals surface area contributed by atoms with Gasteiger partial charge in [-0.1, -0.05) is 43.3 Å². The molecular formula is C14H18BIN4. The molecule has 0 radical (unpaired) electrons. The second-order valence-corrected chi connectivity index (χ2v) is 3.60. The van der Waals surface area contributed by atoms with Gasteiger partial charge in [-0.25, -0.2) is 0 Å². The van der Waals surface area contributed by atoms with Crippen molar-refractivity contribution >= 4 is 40.5 Å². The predicted octanol–water partition coefficient (Wildman–Crippen LogP) is 2.40. The van der Waals surface area contributed by atoms with E-state index in [-0.39, 0.29) is 6.71 Å². The Kier molecular flexibility index (Phi) is 9.32. The van der Waals surface area contributed by atoms with Crippen LogP contribution in [0.1, 0.15) is 25.2 Å². The second-order valence-electron chi connectivity index (χ2n) is 3.60. The Morgan fingerprint density at radius 2 is 1.25 bits per heavy atom. The number of hydrogen-bond donors (Lipinski definition) is 2. The minimum Gasteiger partial charge on any atom is -0.358 e. The lowest BCUT2D eigenvalue weighted by molar-refractivity contribution is 1.35. The number of nitrogens with one attached hydrogen (secondary N) is 2. The molecule has 0 spiro atoms. The van der Waals surface area contributed by atoms with E-state index in [1.54, 1.807) is 12.1 Å². The SMILES string of the molecule is CB(c1ccc(C#N)[nH]1)c1ccc(C#N)[nH]1.CC.CI. The van der Waals surface area contributed by atoms with Crippen molar-refractivity contribution < 1.29 is 0 Å². The first-order chi connectivity index (χ1) is 9.74. The van der Waals surface area contributed by atoms with E-state index >= 15 is 0 Å². The zero-order valence-corrected chi connectivity index (χ0v) is 14.3. The van der Waals surface area contributed by atoms with Crippen molar-refractivity contribution in [3.63, 3.8) is 0 Å². The molecule has 2 rings (SSSR count). The first kappa shape index (κ1) is 18.3. The second kappa shape index (κ2) is 10.2. The van der Waals surface area contributed by atoms with Gasteiger partial charge < -0.3 is 9.97 Å². The molecule has 0 aliphatic heterocycles. The van der Waals surface area contributed by atoms with Crippen LogP contribution in [0.25, 0.3) is 0 Å². The lowest BCUT2D eigenvalue weighted by Gasteiger charge is -2.02. The monoisotopic (exact) mass is 380 g/mol. The van der Waals surface area contributed by atoms with Crippen LogP contribution in [0.15, 0.2) is 24.3 Å². The molecule has 0 aliphatic rings.